The van der Waals surface area contributed by atoms with E-state index in [1.807, 2.05) is 0 Å². The molecule has 0 fully saturated rings. The number of benzene rings is 2. The van der Waals surface area contributed by atoms with Crippen molar-refractivity contribution in [2.24, 2.45) is 0 Å². The van der Waals surface area contributed by atoms with Gasteiger partial charge in [0.05, 0.1) is 12.2 Å². The summed E-state index contributed by atoms with van der Waals surface area (Å²) in [6, 6.07) is 11.3. The third kappa shape index (κ3) is 3.45. The van der Waals surface area contributed by atoms with Gasteiger partial charge in [0.1, 0.15) is 18.2 Å². The molecule has 1 heterocycles. The Kier molecular flexibility index (Phi) is 4.60. The first-order valence-corrected chi connectivity index (χ1v) is 7.87. The zero-order valence-corrected chi connectivity index (χ0v) is 13.4. The highest BCUT2D eigenvalue weighted by molar-refractivity contribution is 5.99. The van der Waals surface area contributed by atoms with Crippen LogP contribution in [0.1, 0.15) is 29.3 Å². The molecule has 2 aromatic rings. The number of carbonyl (C=O) groups excluding carboxylic acids is 2. The molecule has 0 radical (unpaired) electrons. The van der Waals surface area contributed by atoms with Gasteiger partial charge < -0.3 is 9.64 Å². The Morgan fingerprint density at radius 2 is 1.92 bits per heavy atom. The van der Waals surface area contributed by atoms with Crippen molar-refractivity contribution in [2.75, 3.05) is 18.1 Å². The van der Waals surface area contributed by atoms with Crippen molar-refractivity contribution in [3.63, 3.8) is 0 Å². The van der Waals surface area contributed by atoms with Gasteiger partial charge in [0, 0.05) is 12.0 Å². The molecular weight excluding hydrogens is 309 g/mol. The first kappa shape index (κ1) is 16.2. The summed E-state index contributed by atoms with van der Waals surface area (Å²) in [7, 11) is 0. The molecule has 0 unspecified atom stereocenters. The summed E-state index contributed by atoms with van der Waals surface area (Å²) < 4.78 is 18.5. The summed E-state index contributed by atoms with van der Waals surface area (Å²) in [5.74, 6) is 0.233. The summed E-state index contributed by atoms with van der Waals surface area (Å²) in [5.41, 5.74) is 2.10. The zero-order valence-electron chi connectivity index (χ0n) is 13.4. The molecule has 3 rings (SSSR count). The minimum absolute atomic E-state index is 0.0374. The van der Waals surface area contributed by atoms with Crippen molar-refractivity contribution >= 4 is 17.4 Å². The molecule has 5 heteroatoms. The number of ketones is 1. The molecular formula is C19H18FNO3. The van der Waals surface area contributed by atoms with Gasteiger partial charge in [-0.2, -0.15) is 0 Å². The van der Waals surface area contributed by atoms with Crippen LogP contribution in [0.3, 0.4) is 0 Å². The van der Waals surface area contributed by atoms with E-state index in [-0.39, 0.29) is 17.5 Å². The standard InChI is InChI=1S/C19H18FNO3/c1-13(22)15-5-8-18-17(12-15)21(10-11-24-18)19(23)9-4-14-2-6-16(20)7-3-14/h2-3,5-8,12H,4,9-11H2,1H3. The lowest BCUT2D eigenvalue weighted by Crippen LogP contribution is -2.38. The van der Waals surface area contributed by atoms with Gasteiger partial charge in [-0.25, -0.2) is 4.39 Å². The summed E-state index contributed by atoms with van der Waals surface area (Å²) in [6.07, 6.45) is 0.855. The maximum Gasteiger partial charge on any atom is 0.227 e. The van der Waals surface area contributed by atoms with Gasteiger partial charge in [-0.15, -0.1) is 0 Å². The third-order valence-electron chi connectivity index (χ3n) is 4.07. The average Bonchev–Trinajstić information content (AvgIpc) is 2.60. The predicted molar refractivity (Wildman–Crippen MR) is 89.0 cm³/mol. The molecule has 1 amide bonds. The lowest BCUT2D eigenvalue weighted by atomic mass is 10.1. The summed E-state index contributed by atoms with van der Waals surface area (Å²) in [4.78, 5) is 25.8. The Labute approximate surface area is 139 Å². The Morgan fingerprint density at radius 1 is 1.17 bits per heavy atom. The number of anilines is 1. The first-order chi connectivity index (χ1) is 11.5. The smallest absolute Gasteiger partial charge is 0.227 e. The van der Waals surface area contributed by atoms with Crippen molar-refractivity contribution in [1.82, 2.24) is 0 Å². The molecule has 0 saturated heterocycles. The topological polar surface area (TPSA) is 46.6 Å². The summed E-state index contributed by atoms with van der Waals surface area (Å²) in [6.45, 7) is 2.37. The van der Waals surface area contributed by atoms with E-state index in [0.29, 0.717) is 43.0 Å². The fourth-order valence-corrected chi connectivity index (χ4v) is 2.73. The van der Waals surface area contributed by atoms with E-state index >= 15 is 0 Å². The molecule has 2 aromatic carbocycles. The number of aryl methyl sites for hydroxylation is 1. The van der Waals surface area contributed by atoms with Gasteiger partial charge in [-0.05, 0) is 49.2 Å². The van der Waals surface area contributed by atoms with Gasteiger partial charge >= 0.3 is 0 Å². The molecule has 0 N–H and O–H groups in total. The highest BCUT2D eigenvalue weighted by Gasteiger charge is 2.24. The lowest BCUT2D eigenvalue weighted by Gasteiger charge is -2.30. The second-order valence-electron chi connectivity index (χ2n) is 5.76. The van der Waals surface area contributed by atoms with Crippen LogP contribution >= 0.6 is 0 Å². The fourth-order valence-electron chi connectivity index (χ4n) is 2.73. The Bertz CT molecular complexity index is 771. The Balaban J connectivity index is 1.75. The molecule has 4 nitrogen and oxygen atoms in total. The lowest BCUT2D eigenvalue weighted by molar-refractivity contribution is -0.118. The van der Waals surface area contributed by atoms with Crippen LogP contribution < -0.4 is 9.64 Å². The van der Waals surface area contributed by atoms with Gasteiger partial charge in [0.15, 0.2) is 5.78 Å². The number of amides is 1. The van der Waals surface area contributed by atoms with E-state index in [4.69, 9.17) is 4.74 Å². The van der Waals surface area contributed by atoms with Crippen LogP contribution in [0.2, 0.25) is 0 Å². The minimum Gasteiger partial charge on any atom is -0.490 e. The number of hydrogen-bond donors (Lipinski definition) is 0. The number of halogens is 1. The van der Waals surface area contributed by atoms with Gasteiger partial charge in [0.25, 0.3) is 0 Å². The number of carbonyl (C=O) groups is 2. The Morgan fingerprint density at radius 3 is 2.62 bits per heavy atom. The first-order valence-electron chi connectivity index (χ1n) is 7.87. The van der Waals surface area contributed by atoms with Crippen molar-refractivity contribution in [3.8, 4) is 5.75 Å². The van der Waals surface area contributed by atoms with Gasteiger partial charge in [0.2, 0.25) is 5.91 Å². The largest absolute Gasteiger partial charge is 0.490 e. The number of rotatable bonds is 4. The maximum absolute atomic E-state index is 12.9. The highest BCUT2D eigenvalue weighted by atomic mass is 19.1. The van der Waals surface area contributed by atoms with Crippen LogP contribution in [0.5, 0.6) is 5.75 Å². The van der Waals surface area contributed by atoms with Crippen LogP contribution in [0, 0.1) is 5.82 Å². The zero-order chi connectivity index (χ0) is 17.1. The highest BCUT2D eigenvalue weighted by Crippen LogP contribution is 2.33. The number of nitrogens with zero attached hydrogens (tertiary/aromatic N) is 1. The quantitative estimate of drug-likeness (QED) is 0.809. The van der Waals surface area contributed by atoms with Crippen LogP contribution in [0.25, 0.3) is 0 Å². The molecule has 0 atom stereocenters. The van der Waals surface area contributed by atoms with E-state index in [2.05, 4.69) is 0 Å². The van der Waals surface area contributed by atoms with Crippen molar-refractivity contribution in [1.29, 1.82) is 0 Å². The number of ether oxygens (including phenoxy) is 1. The van der Waals surface area contributed by atoms with E-state index in [9.17, 15) is 14.0 Å². The number of hydrogen-bond acceptors (Lipinski definition) is 3. The summed E-state index contributed by atoms with van der Waals surface area (Å²) >= 11 is 0. The molecule has 124 valence electrons. The molecule has 0 spiro atoms. The monoisotopic (exact) mass is 327 g/mol. The van der Waals surface area contributed by atoms with E-state index in [1.165, 1.54) is 19.1 Å². The molecule has 0 aliphatic carbocycles. The number of Topliss-reactive ketones (excluding diaryl/α,β-unsaturated/α-hetero) is 1. The number of fused-ring (bicyclic) bond motifs is 1. The summed E-state index contributed by atoms with van der Waals surface area (Å²) in [5, 5.41) is 0. The predicted octanol–water partition coefficient (Wildman–Crippen LogP) is 3.39. The van der Waals surface area contributed by atoms with Gasteiger partial charge in [-0.1, -0.05) is 12.1 Å². The average molecular weight is 327 g/mol. The van der Waals surface area contributed by atoms with Crippen LogP contribution in [-0.4, -0.2) is 24.8 Å². The SMILES string of the molecule is CC(=O)c1ccc2c(c1)N(C(=O)CCc1ccc(F)cc1)CCO2. The minimum atomic E-state index is -0.288. The van der Waals surface area contributed by atoms with Crippen LogP contribution in [-0.2, 0) is 11.2 Å². The molecule has 0 bridgehead atoms. The van der Waals surface area contributed by atoms with Crippen molar-refractivity contribution in [3.05, 3.63) is 59.4 Å². The van der Waals surface area contributed by atoms with E-state index in [1.54, 1.807) is 35.2 Å². The van der Waals surface area contributed by atoms with Crippen LogP contribution in [0.15, 0.2) is 42.5 Å². The molecule has 0 saturated carbocycles. The molecule has 1 aliphatic rings. The van der Waals surface area contributed by atoms with Crippen LogP contribution in [0.4, 0.5) is 10.1 Å². The van der Waals surface area contributed by atoms with Crippen molar-refractivity contribution < 1.29 is 18.7 Å². The normalized spacial score (nSPS) is 13.2. The fraction of sp³-hybridized carbons (Fsp3) is 0.263. The van der Waals surface area contributed by atoms with E-state index < -0.39 is 0 Å². The van der Waals surface area contributed by atoms with Crippen molar-refractivity contribution in [2.45, 2.75) is 19.8 Å². The maximum atomic E-state index is 12.9. The second kappa shape index (κ2) is 6.83. The molecule has 1 aliphatic heterocycles. The molecule has 0 aromatic heterocycles. The Hall–Kier alpha value is -2.69. The second-order valence-corrected chi connectivity index (χ2v) is 5.76. The van der Waals surface area contributed by atoms with Gasteiger partial charge in [-0.3, -0.25) is 9.59 Å². The third-order valence-corrected chi connectivity index (χ3v) is 4.07. The molecule has 24 heavy (non-hydrogen) atoms. The van der Waals surface area contributed by atoms with E-state index in [0.717, 1.165) is 5.56 Å².